The first-order chi connectivity index (χ1) is 30.3. The van der Waals surface area contributed by atoms with E-state index >= 15 is 0 Å². The van der Waals surface area contributed by atoms with E-state index < -0.39 is 0 Å². The molecule has 0 amide bonds. The van der Waals surface area contributed by atoms with Crippen LogP contribution < -0.4 is 28.6 Å². The van der Waals surface area contributed by atoms with Gasteiger partial charge in [-0.3, -0.25) is 4.79 Å². The number of benzene rings is 4. The smallest absolute Gasteiger partial charge is 0.201 e. The molecule has 4 aromatic rings. The third-order valence-corrected chi connectivity index (χ3v) is 11.0. The Morgan fingerprint density at radius 3 is 1.61 bits per heavy atom. The van der Waals surface area contributed by atoms with Crippen LogP contribution in [0, 0.1) is 6.92 Å². The molecule has 62 heavy (non-hydrogen) atoms. The van der Waals surface area contributed by atoms with Gasteiger partial charge in [-0.15, -0.1) is 0 Å². The molecule has 4 aromatic carbocycles. The largest absolute Gasteiger partial charge is 0.506 e. The zero-order valence-electron chi connectivity index (χ0n) is 36.0. The minimum atomic E-state index is -0.192. The van der Waals surface area contributed by atoms with Gasteiger partial charge in [0, 0.05) is 24.3 Å². The number of methoxy groups -OCH3 is 2. The molecular weight excluding hydrogens is 781 g/mol. The zero-order chi connectivity index (χ0) is 43.3. The van der Waals surface area contributed by atoms with Crippen LogP contribution in [0.3, 0.4) is 0 Å². The summed E-state index contributed by atoms with van der Waals surface area (Å²) in [6.07, 6.45) is 13.9. The first kappa shape index (κ1) is 43.2. The normalized spacial score (nSPS) is 14.5. The molecule has 0 unspecified atom stereocenters. The maximum absolute atomic E-state index is 13.7. The number of anilines is 1. The Kier molecular flexibility index (Phi) is 14.6. The molecule has 3 aliphatic rings. The molecule has 0 aliphatic heterocycles. The summed E-state index contributed by atoms with van der Waals surface area (Å²) in [6.45, 7) is 8.52. The molecule has 0 spiro atoms. The number of aryl methyl sites for hydroxylation is 1. The van der Waals surface area contributed by atoms with Gasteiger partial charge in [0.05, 0.1) is 44.2 Å². The molecule has 320 valence electrons. The summed E-state index contributed by atoms with van der Waals surface area (Å²) in [4.78, 5) is 15.9. The van der Waals surface area contributed by atoms with Gasteiger partial charge in [0.25, 0.3) is 0 Å². The number of aliphatic hydroxyl groups is 1. The van der Waals surface area contributed by atoms with Crippen molar-refractivity contribution in [2.45, 2.75) is 26.7 Å². The fourth-order valence-electron chi connectivity index (χ4n) is 7.28. The number of nitrogens with zero attached hydrogens (tertiary/aromatic N) is 2. The van der Waals surface area contributed by atoms with E-state index in [1.54, 1.807) is 14.2 Å². The summed E-state index contributed by atoms with van der Waals surface area (Å²) in [5, 5.41) is 11.3. The molecule has 0 aromatic heterocycles. The van der Waals surface area contributed by atoms with Crippen LogP contribution in [0.1, 0.15) is 30.9 Å². The van der Waals surface area contributed by atoms with Crippen molar-refractivity contribution in [2.75, 3.05) is 71.7 Å². The fraction of sp³-hybridized carbons (Fsp3) is 0.269. The number of carbonyl (C=O) groups is 1. The molecule has 10 heteroatoms. The molecule has 10 nitrogen and oxygen atoms in total. The van der Waals surface area contributed by atoms with Crippen molar-refractivity contribution in [3.05, 3.63) is 173 Å². The molecule has 0 atom stereocenters. The third kappa shape index (κ3) is 11.3. The predicted molar refractivity (Wildman–Crippen MR) is 244 cm³/mol. The zero-order valence-corrected chi connectivity index (χ0v) is 36.0. The Morgan fingerprint density at radius 1 is 0.581 bits per heavy atom. The first-order valence-electron chi connectivity index (χ1n) is 21.1. The van der Waals surface area contributed by atoms with Crippen molar-refractivity contribution < 1.29 is 42.9 Å². The lowest BCUT2D eigenvalue weighted by atomic mass is 9.80. The van der Waals surface area contributed by atoms with Crippen molar-refractivity contribution in [3.8, 4) is 28.7 Å². The molecule has 0 saturated carbocycles. The number of aliphatic hydroxyl groups excluding tert-OH is 1. The van der Waals surface area contributed by atoms with E-state index in [0.29, 0.717) is 74.9 Å². The number of allylic oxidation sites excluding steroid dienone is 11. The number of ether oxygens (including phenoxy) is 6. The van der Waals surface area contributed by atoms with Crippen molar-refractivity contribution in [1.29, 1.82) is 0 Å². The average molecular weight is 836 g/mol. The highest BCUT2D eigenvalue weighted by molar-refractivity contribution is 6.39. The Labute approximate surface area is 364 Å². The van der Waals surface area contributed by atoms with Crippen LogP contribution in [0.4, 0.5) is 5.69 Å². The van der Waals surface area contributed by atoms with E-state index in [1.165, 1.54) is 11.1 Å². The summed E-state index contributed by atoms with van der Waals surface area (Å²) in [6, 6.07) is 30.7. The first-order valence-corrected chi connectivity index (χ1v) is 21.1. The SMILES string of the molecule is COc1ccc(OCCN(CCOc2ccc(OC)cc2)c2ccc(C3=C(O)C(=C4C=CC(=[N+](CCOC5=CC=C(C)CC5)CCOc5ccc(C)cc5)C=C4)C3=O)cc2)cc1. The minimum absolute atomic E-state index is 0.00469. The second-order valence-electron chi connectivity index (χ2n) is 15.2. The van der Waals surface area contributed by atoms with Crippen LogP contribution in [0.2, 0.25) is 0 Å². The molecule has 0 saturated heterocycles. The molecule has 0 heterocycles. The van der Waals surface area contributed by atoms with E-state index in [-0.39, 0.29) is 11.5 Å². The number of hydrogen-bond donors (Lipinski definition) is 1. The fourth-order valence-corrected chi connectivity index (χ4v) is 7.28. The number of ketones is 1. The number of hydrogen-bond acceptors (Lipinski definition) is 9. The predicted octanol–water partition coefficient (Wildman–Crippen LogP) is 9.42. The quantitative estimate of drug-likeness (QED) is 0.0690. The van der Waals surface area contributed by atoms with E-state index in [0.717, 1.165) is 58.7 Å². The lowest BCUT2D eigenvalue weighted by Crippen LogP contribution is -2.32. The summed E-state index contributed by atoms with van der Waals surface area (Å²) >= 11 is 0. The minimum Gasteiger partial charge on any atom is -0.506 e. The second-order valence-corrected chi connectivity index (χ2v) is 15.2. The molecule has 0 fully saturated rings. The van der Waals surface area contributed by atoms with E-state index in [4.69, 9.17) is 28.4 Å². The monoisotopic (exact) mass is 835 g/mol. The summed E-state index contributed by atoms with van der Waals surface area (Å²) in [7, 11) is 3.27. The number of rotatable bonds is 20. The maximum Gasteiger partial charge on any atom is 0.201 e. The summed E-state index contributed by atoms with van der Waals surface area (Å²) in [5.41, 5.74) is 6.38. The van der Waals surface area contributed by atoms with Crippen LogP contribution in [0.25, 0.3) is 5.57 Å². The lowest BCUT2D eigenvalue weighted by Gasteiger charge is -2.26. The second kappa shape index (κ2) is 21.0. The van der Waals surface area contributed by atoms with Gasteiger partial charge >= 0.3 is 0 Å². The van der Waals surface area contributed by atoms with Crippen molar-refractivity contribution in [1.82, 2.24) is 0 Å². The van der Waals surface area contributed by atoms with Gasteiger partial charge in [0.1, 0.15) is 60.9 Å². The Balaban J connectivity index is 1.03. The van der Waals surface area contributed by atoms with Crippen LogP contribution in [0.15, 0.2) is 162 Å². The van der Waals surface area contributed by atoms with Crippen LogP contribution >= 0.6 is 0 Å². The van der Waals surface area contributed by atoms with Gasteiger partial charge in [-0.1, -0.05) is 41.5 Å². The molecular formula is C52H55N2O8+. The van der Waals surface area contributed by atoms with Gasteiger partial charge in [-0.05, 0) is 122 Å². The third-order valence-electron chi connectivity index (χ3n) is 11.0. The number of carbonyl (C=O) groups excluding carboxylic acids is 1. The van der Waals surface area contributed by atoms with Gasteiger partial charge in [-0.2, -0.15) is 0 Å². The summed E-state index contributed by atoms with van der Waals surface area (Å²) in [5.74, 6) is 4.64. The summed E-state index contributed by atoms with van der Waals surface area (Å²) < 4.78 is 37.1. The highest BCUT2D eigenvalue weighted by Gasteiger charge is 2.36. The highest BCUT2D eigenvalue weighted by Crippen LogP contribution is 2.39. The Bertz CT molecular complexity index is 2330. The molecule has 0 radical (unpaired) electrons. The Morgan fingerprint density at radius 2 is 1.10 bits per heavy atom. The molecule has 7 rings (SSSR count). The highest BCUT2D eigenvalue weighted by atomic mass is 16.5. The topological polar surface area (TPSA) is 98.9 Å². The van der Waals surface area contributed by atoms with E-state index in [9.17, 15) is 9.90 Å². The average Bonchev–Trinajstić information content (AvgIpc) is 3.30. The Hall–Kier alpha value is -6.94. The van der Waals surface area contributed by atoms with Crippen LogP contribution in [-0.2, 0) is 9.53 Å². The van der Waals surface area contributed by atoms with Crippen LogP contribution in [0.5, 0.6) is 28.7 Å². The molecule has 0 bridgehead atoms. The van der Waals surface area contributed by atoms with Crippen LogP contribution in [-0.4, -0.2) is 88.0 Å². The maximum atomic E-state index is 13.7. The standard InChI is InChI=1S/C52H54N2O8/c1-37-5-17-45(18-6-37)59-33-29-53(30-34-60-46-19-7-38(2)8-20-46)41-13-9-39(10-14-41)49-51(55)50(52(49)56)40-11-15-42(16-12-40)54(31-35-61-47-25-21-43(57-3)22-26-47)32-36-62-48-27-23-44(58-4)24-28-48/h5-7,9-19,21-28H,8,20,29-36H2,1-4H3/p+1. The van der Waals surface area contributed by atoms with Gasteiger partial charge in [0.2, 0.25) is 5.78 Å². The van der Waals surface area contributed by atoms with Crippen molar-refractivity contribution >= 4 is 22.8 Å². The van der Waals surface area contributed by atoms with E-state index in [2.05, 4.69) is 35.5 Å². The van der Waals surface area contributed by atoms with Crippen molar-refractivity contribution in [2.24, 2.45) is 0 Å². The van der Waals surface area contributed by atoms with Crippen molar-refractivity contribution in [3.63, 3.8) is 0 Å². The van der Waals surface area contributed by atoms with Gasteiger partial charge in [-0.25, -0.2) is 4.58 Å². The lowest BCUT2D eigenvalue weighted by molar-refractivity contribution is -0.530. The molecule has 1 N–H and O–H groups in total. The van der Waals surface area contributed by atoms with Gasteiger partial charge in [0.15, 0.2) is 18.8 Å². The van der Waals surface area contributed by atoms with Gasteiger partial charge < -0.3 is 38.4 Å². The van der Waals surface area contributed by atoms with E-state index in [1.807, 2.05) is 121 Å². The molecule has 3 aliphatic carbocycles. The number of Topliss-reactive ketones (excluding diaryl/α,β-unsaturated/α-hetero) is 1.